The molecule has 2 heterocycles. The van der Waals surface area contributed by atoms with Gasteiger partial charge in [0.25, 0.3) is 0 Å². The number of H-pyrrole nitrogens is 1. The summed E-state index contributed by atoms with van der Waals surface area (Å²) >= 11 is 0. The van der Waals surface area contributed by atoms with E-state index in [1.807, 2.05) is 35.1 Å². The number of aliphatic hydroxyl groups is 4. The van der Waals surface area contributed by atoms with Gasteiger partial charge in [0, 0.05) is 24.8 Å². The molecule has 1 aliphatic heterocycles. The molecule has 2 amide bonds. The molecule has 6 atom stereocenters. The number of benzene rings is 1. The number of ether oxygens (including phenoxy) is 6. The van der Waals surface area contributed by atoms with Gasteiger partial charge in [-0.2, -0.15) is 0 Å². The average molecular weight is 742 g/mol. The van der Waals surface area contributed by atoms with Crippen LogP contribution in [-0.4, -0.2) is 151 Å². The summed E-state index contributed by atoms with van der Waals surface area (Å²) in [5, 5.41) is 47.9. The fourth-order valence-corrected chi connectivity index (χ4v) is 5.12. The number of aliphatic hydroxyl groups excluding tert-OH is 4. The Hall–Kier alpha value is -3.10. The van der Waals surface area contributed by atoms with Gasteiger partial charge < -0.3 is 65.2 Å². The summed E-state index contributed by atoms with van der Waals surface area (Å²) in [6.45, 7) is 9.20. The highest BCUT2D eigenvalue weighted by molar-refractivity contribution is 5.81. The molecule has 1 fully saturated rings. The van der Waals surface area contributed by atoms with Gasteiger partial charge in [0.1, 0.15) is 30.0 Å². The zero-order valence-electron chi connectivity index (χ0n) is 30.5. The number of carbonyl (C=O) groups excluding carboxylic acids is 2. The number of unbranched alkanes of at least 4 members (excludes halogenated alkanes) is 1. The molecule has 1 aliphatic rings. The van der Waals surface area contributed by atoms with Crippen molar-refractivity contribution in [1.82, 2.24) is 20.4 Å². The van der Waals surface area contributed by atoms with E-state index in [-0.39, 0.29) is 12.5 Å². The maximum atomic E-state index is 12.1. The fraction of sp³-hybridized carbons (Fsp3) is 0.714. The van der Waals surface area contributed by atoms with Crippen molar-refractivity contribution in [3.63, 3.8) is 0 Å². The molecular formula is C35H59N5O12. The molecule has 0 radical (unpaired) electrons. The highest BCUT2D eigenvalue weighted by atomic mass is 16.7. The minimum atomic E-state index is -1.46. The number of nitrogens with one attached hydrogen (secondary N) is 3. The molecular weight excluding hydrogens is 682 g/mol. The van der Waals surface area contributed by atoms with Crippen molar-refractivity contribution in [2.24, 2.45) is 5.73 Å². The van der Waals surface area contributed by atoms with Crippen LogP contribution in [0.4, 0.5) is 4.79 Å². The van der Waals surface area contributed by atoms with Gasteiger partial charge >= 0.3 is 6.09 Å². The second kappa shape index (κ2) is 22.9. The number of hydrogen-bond acceptors (Lipinski definition) is 13. The SMILES string of the molecule is CC(C)(C)OC(=O)NCCCC[C@H](N)C(=O)NCCOCCOCCOCCn1cc(-c2ccc(CCO[C@@H]3O[C@H](CO)[C@@H](O)[C@H](O)[C@H]3O)cc2)[nH]1. The largest absolute Gasteiger partial charge is 0.444 e. The quantitative estimate of drug-likeness (QED) is 0.0664. The standard InChI is InChI=1S/C35H59N5O12/c1-35(2,3)52-34(46)38-12-5-4-6-26(36)32(45)37-13-16-47-18-20-49-21-19-48-17-14-40-22-27(39-40)25-9-7-24(8-10-25)11-15-50-33-31(44)30(43)29(42)28(23-41)51-33/h7-10,22,26,28-31,33,39,41-44H,4-6,11-21,23,36H2,1-3H3,(H,37,45)(H,38,46)/t26-,28+,29+,30-,31+,33+/m0/s1. The molecule has 3 rings (SSSR count). The summed E-state index contributed by atoms with van der Waals surface area (Å²) in [7, 11) is 0. The molecule has 17 heteroatoms. The fourth-order valence-electron chi connectivity index (χ4n) is 5.12. The van der Waals surface area contributed by atoms with E-state index >= 15 is 0 Å². The van der Waals surface area contributed by atoms with E-state index in [4.69, 9.17) is 34.2 Å². The van der Waals surface area contributed by atoms with E-state index < -0.39 is 55.0 Å². The van der Waals surface area contributed by atoms with Gasteiger partial charge in [-0.15, -0.1) is 0 Å². The summed E-state index contributed by atoms with van der Waals surface area (Å²) in [5.41, 5.74) is 8.42. The second-order valence-corrected chi connectivity index (χ2v) is 13.5. The first-order chi connectivity index (χ1) is 24.9. The van der Waals surface area contributed by atoms with E-state index in [1.165, 1.54) is 0 Å². The molecule has 0 saturated carbocycles. The summed E-state index contributed by atoms with van der Waals surface area (Å²) < 4.78 is 34.7. The molecule has 1 saturated heterocycles. The van der Waals surface area contributed by atoms with Crippen LogP contribution in [0.1, 0.15) is 45.6 Å². The van der Waals surface area contributed by atoms with E-state index in [0.29, 0.717) is 85.0 Å². The summed E-state index contributed by atoms with van der Waals surface area (Å²) in [6, 6.07) is 7.31. The average Bonchev–Trinajstić information content (AvgIpc) is 3.08. The molecule has 1 aromatic heterocycles. The van der Waals surface area contributed by atoms with Gasteiger partial charge in [-0.3, -0.25) is 14.6 Å². The van der Waals surface area contributed by atoms with Crippen molar-refractivity contribution < 1.29 is 58.4 Å². The summed E-state index contributed by atoms with van der Waals surface area (Å²) in [6.07, 6.45) is -2.43. The monoisotopic (exact) mass is 741 g/mol. The van der Waals surface area contributed by atoms with Gasteiger partial charge in [0.15, 0.2) is 6.29 Å². The first-order valence-corrected chi connectivity index (χ1v) is 17.9. The summed E-state index contributed by atoms with van der Waals surface area (Å²) in [5.74, 6) is -0.232. The number of rotatable bonds is 24. The first-order valence-electron chi connectivity index (χ1n) is 17.9. The van der Waals surface area contributed by atoms with Crippen molar-refractivity contribution in [3.8, 4) is 11.3 Å². The Morgan fingerprint density at radius 3 is 2.21 bits per heavy atom. The lowest BCUT2D eigenvalue weighted by atomic mass is 9.99. The van der Waals surface area contributed by atoms with Crippen LogP contribution >= 0.6 is 0 Å². The lowest BCUT2D eigenvalue weighted by Gasteiger charge is -2.39. The Morgan fingerprint density at radius 2 is 1.56 bits per heavy atom. The summed E-state index contributed by atoms with van der Waals surface area (Å²) in [4.78, 5) is 23.8. The topological polar surface area (TPSA) is 241 Å². The molecule has 0 bridgehead atoms. The van der Waals surface area contributed by atoms with Crippen LogP contribution < -0.4 is 16.4 Å². The number of carbonyl (C=O) groups is 2. The number of aromatic amines is 1. The van der Waals surface area contributed by atoms with E-state index in [2.05, 4.69) is 15.7 Å². The Labute approximate surface area is 305 Å². The third-order valence-corrected chi connectivity index (χ3v) is 8.05. The Kier molecular flexibility index (Phi) is 19.0. The van der Waals surface area contributed by atoms with Crippen molar-refractivity contribution in [1.29, 1.82) is 0 Å². The normalized spacial score (nSPS) is 21.2. The van der Waals surface area contributed by atoms with E-state index in [9.17, 15) is 30.0 Å². The Balaban J connectivity index is 1.12. The number of alkyl carbamates (subject to hydrolysis) is 1. The Morgan fingerprint density at radius 1 is 0.904 bits per heavy atom. The zero-order chi connectivity index (χ0) is 37.9. The highest BCUT2D eigenvalue weighted by Crippen LogP contribution is 2.23. The predicted octanol–water partition coefficient (Wildman–Crippen LogP) is 0.0305. The van der Waals surface area contributed by atoms with Crippen LogP contribution in [0.25, 0.3) is 11.3 Å². The molecule has 52 heavy (non-hydrogen) atoms. The first kappa shape index (κ1) is 43.3. The Bertz CT molecular complexity index is 1270. The van der Waals surface area contributed by atoms with Gasteiger partial charge in [-0.25, -0.2) is 4.79 Å². The highest BCUT2D eigenvalue weighted by Gasteiger charge is 2.43. The van der Waals surface area contributed by atoms with Crippen molar-refractivity contribution in [2.75, 3.05) is 65.9 Å². The predicted molar refractivity (Wildman–Crippen MR) is 189 cm³/mol. The molecule has 0 spiro atoms. The van der Waals surface area contributed by atoms with Gasteiger partial charge in [-0.1, -0.05) is 24.3 Å². The maximum Gasteiger partial charge on any atom is 0.407 e. The van der Waals surface area contributed by atoms with Crippen molar-refractivity contribution in [3.05, 3.63) is 36.0 Å². The van der Waals surface area contributed by atoms with Crippen LogP contribution in [0.2, 0.25) is 0 Å². The minimum absolute atomic E-state index is 0.218. The van der Waals surface area contributed by atoms with Crippen LogP contribution in [0, 0.1) is 0 Å². The minimum Gasteiger partial charge on any atom is -0.444 e. The molecule has 0 unspecified atom stereocenters. The van der Waals surface area contributed by atoms with Crippen molar-refractivity contribution >= 4 is 12.0 Å². The molecule has 1 aromatic carbocycles. The molecule has 2 aromatic rings. The van der Waals surface area contributed by atoms with Crippen LogP contribution in [0.15, 0.2) is 30.5 Å². The van der Waals surface area contributed by atoms with Gasteiger partial charge in [-0.05, 0) is 52.0 Å². The maximum absolute atomic E-state index is 12.1. The number of hydrogen-bond donors (Lipinski definition) is 8. The van der Waals surface area contributed by atoms with Crippen LogP contribution in [-0.2, 0) is 46.2 Å². The van der Waals surface area contributed by atoms with Gasteiger partial charge in [0.2, 0.25) is 5.91 Å². The van der Waals surface area contributed by atoms with Gasteiger partial charge in [0.05, 0.1) is 71.1 Å². The van der Waals surface area contributed by atoms with E-state index in [0.717, 1.165) is 16.8 Å². The van der Waals surface area contributed by atoms with E-state index in [1.54, 1.807) is 20.8 Å². The second-order valence-electron chi connectivity index (χ2n) is 13.5. The molecule has 296 valence electrons. The third-order valence-electron chi connectivity index (χ3n) is 8.05. The molecule has 9 N–H and O–H groups in total. The lowest BCUT2D eigenvalue weighted by Crippen LogP contribution is -2.59. The lowest BCUT2D eigenvalue weighted by molar-refractivity contribution is -0.300. The smallest absolute Gasteiger partial charge is 0.407 e. The molecule has 17 nitrogen and oxygen atoms in total. The molecule has 0 aliphatic carbocycles. The third kappa shape index (κ3) is 15.9. The number of nitrogens with zero attached hydrogens (tertiary/aromatic N) is 1. The number of nitrogens with two attached hydrogens (primary N) is 1. The number of aromatic nitrogens is 2. The zero-order valence-corrected chi connectivity index (χ0v) is 30.5. The number of amides is 2. The van der Waals surface area contributed by atoms with Crippen molar-refractivity contribution in [2.45, 2.75) is 95.3 Å². The van der Waals surface area contributed by atoms with Crippen LogP contribution in [0.5, 0.6) is 0 Å². The van der Waals surface area contributed by atoms with Crippen LogP contribution in [0.3, 0.4) is 0 Å².